The van der Waals surface area contributed by atoms with Crippen LogP contribution in [-0.4, -0.2) is 53.0 Å². The Kier molecular flexibility index (Phi) is 5.59. The first-order chi connectivity index (χ1) is 14.5. The van der Waals surface area contributed by atoms with Gasteiger partial charge in [-0.05, 0) is 57.7 Å². The van der Waals surface area contributed by atoms with Crippen LogP contribution in [0.15, 0.2) is 23.1 Å². The van der Waals surface area contributed by atoms with Gasteiger partial charge in [0.1, 0.15) is 21.3 Å². The van der Waals surface area contributed by atoms with Crippen molar-refractivity contribution in [1.82, 2.24) is 19.3 Å². The number of fused-ring (bicyclic) bond motifs is 1. The Labute approximate surface area is 184 Å². The van der Waals surface area contributed by atoms with Crippen molar-refractivity contribution in [3.63, 3.8) is 0 Å². The number of hydrogen-bond donors (Lipinski definition) is 3. The van der Waals surface area contributed by atoms with Crippen molar-refractivity contribution in [1.29, 1.82) is 0 Å². The molecule has 2 heterocycles. The van der Waals surface area contributed by atoms with Crippen molar-refractivity contribution in [2.24, 2.45) is 5.92 Å². The number of methoxy groups -OCH3 is 1. The molecule has 31 heavy (non-hydrogen) atoms. The number of nitrogens with one attached hydrogen (secondary N) is 1. The molecule has 9 nitrogen and oxygen atoms in total. The number of imidazole rings is 1. The van der Waals surface area contributed by atoms with E-state index in [1.54, 1.807) is 36.6 Å². The van der Waals surface area contributed by atoms with Gasteiger partial charge in [-0.1, -0.05) is 11.3 Å². The normalized spacial score (nSPS) is 19.5. The largest absolute Gasteiger partial charge is 0.495 e. The van der Waals surface area contributed by atoms with Crippen LogP contribution in [0.2, 0.25) is 0 Å². The maximum atomic E-state index is 13.1. The molecule has 2 aromatic heterocycles. The van der Waals surface area contributed by atoms with Crippen molar-refractivity contribution < 1.29 is 23.4 Å². The molecule has 0 spiro atoms. The predicted octanol–water partition coefficient (Wildman–Crippen LogP) is 2.05. The van der Waals surface area contributed by atoms with Crippen molar-refractivity contribution in [3.8, 4) is 17.0 Å². The zero-order valence-corrected chi connectivity index (χ0v) is 19.4. The molecule has 0 aliphatic heterocycles. The number of nitrogens with zero attached hydrogens (tertiary/aromatic N) is 3. The summed E-state index contributed by atoms with van der Waals surface area (Å²) in [6.45, 7) is 5.21. The fraction of sp³-hybridized carbons (Fsp3) is 0.500. The highest BCUT2D eigenvalue weighted by Crippen LogP contribution is 2.35. The number of benzene rings is 1. The van der Waals surface area contributed by atoms with E-state index in [4.69, 9.17) is 4.74 Å². The molecule has 11 heteroatoms. The summed E-state index contributed by atoms with van der Waals surface area (Å²) in [6, 6.07) is 4.74. The van der Waals surface area contributed by atoms with Gasteiger partial charge in [0.05, 0.1) is 18.5 Å². The van der Waals surface area contributed by atoms with Gasteiger partial charge >= 0.3 is 0 Å². The number of aliphatic hydroxyl groups excluding tert-OH is 1. The van der Waals surface area contributed by atoms with Gasteiger partial charge in [0, 0.05) is 18.2 Å². The van der Waals surface area contributed by atoms with Crippen molar-refractivity contribution in [3.05, 3.63) is 28.9 Å². The first kappa shape index (κ1) is 22.2. The van der Waals surface area contributed by atoms with Crippen LogP contribution < -0.4 is 9.46 Å². The quantitative estimate of drug-likeness (QED) is 0.486. The van der Waals surface area contributed by atoms with Gasteiger partial charge in [-0.3, -0.25) is 0 Å². The first-order valence-corrected chi connectivity index (χ1v) is 12.2. The Bertz CT molecular complexity index is 1220. The summed E-state index contributed by atoms with van der Waals surface area (Å²) in [5.41, 5.74) is 0.877. The zero-order valence-electron chi connectivity index (χ0n) is 17.8. The molecular weight excluding hydrogens is 440 g/mol. The fourth-order valence-electron chi connectivity index (χ4n) is 3.73. The molecule has 3 N–H and O–H groups in total. The minimum Gasteiger partial charge on any atom is -0.495 e. The van der Waals surface area contributed by atoms with Crippen molar-refractivity contribution in [2.45, 2.75) is 50.2 Å². The lowest BCUT2D eigenvalue weighted by Crippen LogP contribution is -2.45. The van der Waals surface area contributed by atoms with Crippen LogP contribution in [0.4, 0.5) is 0 Å². The molecule has 4 rings (SSSR count). The summed E-state index contributed by atoms with van der Waals surface area (Å²) in [4.78, 5) is 5.19. The van der Waals surface area contributed by atoms with Gasteiger partial charge in [-0.15, -0.1) is 0 Å². The van der Waals surface area contributed by atoms with Gasteiger partial charge in [0.25, 0.3) is 0 Å². The number of aromatic nitrogens is 3. The molecule has 0 bridgehead atoms. The van der Waals surface area contributed by atoms with Gasteiger partial charge in [-0.2, -0.15) is 5.10 Å². The van der Waals surface area contributed by atoms with Crippen LogP contribution in [0.5, 0.6) is 5.75 Å². The average Bonchev–Trinajstić information content (AvgIpc) is 3.20. The molecule has 0 amide bonds. The van der Waals surface area contributed by atoms with E-state index in [-0.39, 0.29) is 29.2 Å². The summed E-state index contributed by atoms with van der Waals surface area (Å²) < 4.78 is 35.8. The van der Waals surface area contributed by atoms with Gasteiger partial charge in [-0.25, -0.2) is 22.6 Å². The summed E-state index contributed by atoms with van der Waals surface area (Å²) in [5, 5.41) is 24.5. The van der Waals surface area contributed by atoms with E-state index < -0.39 is 15.6 Å². The maximum absolute atomic E-state index is 13.1. The molecule has 0 unspecified atom stereocenters. The third kappa shape index (κ3) is 4.08. The van der Waals surface area contributed by atoms with Crippen LogP contribution in [0.3, 0.4) is 0 Å². The number of aliphatic hydroxyl groups is 2. The SMILES string of the molecule is COc1ccc(-c2c(C)nc3sc(C(C)(C)O)nn23)cc1S(=O)(=O)N[C@H]1C[C@@H](CO)C1. The molecule has 1 aliphatic rings. The molecular formula is C20H26N4O5S2. The summed E-state index contributed by atoms with van der Waals surface area (Å²) in [6.07, 6.45) is 1.22. The monoisotopic (exact) mass is 466 g/mol. The van der Waals surface area contributed by atoms with Crippen LogP contribution >= 0.6 is 11.3 Å². The second-order valence-electron chi connectivity index (χ2n) is 8.41. The molecule has 1 saturated carbocycles. The molecule has 168 valence electrons. The Morgan fingerprint density at radius 3 is 2.68 bits per heavy atom. The number of ether oxygens (including phenoxy) is 1. The Morgan fingerprint density at radius 2 is 2.06 bits per heavy atom. The molecule has 0 radical (unpaired) electrons. The Balaban J connectivity index is 1.76. The predicted molar refractivity (Wildman–Crippen MR) is 117 cm³/mol. The summed E-state index contributed by atoms with van der Waals surface area (Å²) >= 11 is 1.29. The van der Waals surface area contributed by atoms with Gasteiger partial charge in [0.2, 0.25) is 15.0 Å². The van der Waals surface area contributed by atoms with E-state index in [1.807, 2.05) is 6.92 Å². The minimum atomic E-state index is -3.84. The highest BCUT2D eigenvalue weighted by atomic mass is 32.2. The number of hydrogen-bond acceptors (Lipinski definition) is 8. The van der Waals surface area contributed by atoms with E-state index in [1.165, 1.54) is 18.4 Å². The highest BCUT2D eigenvalue weighted by Gasteiger charge is 2.33. The molecule has 1 fully saturated rings. The molecule has 1 aliphatic carbocycles. The molecule has 0 atom stereocenters. The summed E-state index contributed by atoms with van der Waals surface area (Å²) in [5.74, 6) is 0.376. The summed E-state index contributed by atoms with van der Waals surface area (Å²) in [7, 11) is -2.41. The van der Waals surface area contributed by atoms with E-state index in [2.05, 4.69) is 14.8 Å². The van der Waals surface area contributed by atoms with Crippen molar-refractivity contribution >= 4 is 26.3 Å². The lowest BCUT2D eigenvalue weighted by atomic mass is 9.82. The molecule has 3 aromatic rings. The van der Waals surface area contributed by atoms with Crippen LogP contribution in [0.25, 0.3) is 16.2 Å². The fourth-order valence-corrected chi connectivity index (χ4v) is 6.13. The van der Waals surface area contributed by atoms with Crippen LogP contribution in [0, 0.1) is 12.8 Å². The number of sulfonamides is 1. The number of aryl methyl sites for hydroxylation is 1. The maximum Gasteiger partial charge on any atom is 0.244 e. The van der Waals surface area contributed by atoms with Gasteiger partial charge < -0.3 is 14.9 Å². The smallest absolute Gasteiger partial charge is 0.244 e. The lowest BCUT2D eigenvalue weighted by molar-refractivity contribution is 0.0773. The van der Waals surface area contributed by atoms with Crippen LogP contribution in [0.1, 0.15) is 37.4 Å². The zero-order chi connectivity index (χ0) is 22.6. The van der Waals surface area contributed by atoms with Gasteiger partial charge in [0.15, 0.2) is 0 Å². The van der Waals surface area contributed by atoms with E-state index in [0.717, 1.165) is 0 Å². The average molecular weight is 467 g/mol. The molecule has 0 saturated heterocycles. The minimum absolute atomic E-state index is 0.0345. The molecule has 1 aromatic carbocycles. The van der Waals surface area contributed by atoms with Crippen LogP contribution in [-0.2, 0) is 15.6 Å². The van der Waals surface area contributed by atoms with E-state index >= 15 is 0 Å². The van der Waals surface area contributed by atoms with E-state index in [9.17, 15) is 18.6 Å². The lowest BCUT2D eigenvalue weighted by Gasteiger charge is -2.34. The second kappa shape index (κ2) is 7.82. The third-order valence-electron chi connectivity index (χ3n) is 5.44. The number of rotatable bonds is 7. The van der Waals surface area contributed by atoms with E-state index in [0.29, 0.717) is 39.8 Å². The second-order valence-corrected chi connectivity index (χ2v) is 11.0. The Hall–Kier alpha value is -2.05. The van der Waals surface area contributed by atoms with Crippen molar-refractivity contribution in [2.75, 3.05) is 13.7 Å². The third-order valence-corrected chi connectivity index (χ3v) is 8.21. The standard InChI is InChI=1S/C20H26N4O5S2/c1-11-17(24-19(21-11)30-18(22-24)20(2,3)26)13-5-6-15(29-4)16(9-13)31(27,28)23-14-7-12(8-14)10-25/h5-6,9,12,14,23,25-26H,7-8,10H2,1-4H3/t12-,14+. The Morgan fingerprint density at radius 1 is 1.35 bits per heavy atom. The highest BCUT2D eigenvalue weighted by molar-refractivity contribution is 7.89. The topological polar surface area (TPSA) is 126 Å². The first-order valence-electron chi connectivity index (χ1n) is 9.94.